The number of anilines is 1. The SMILES string of the molecule is CN1CCN(C(=O)c2cccc(N)c2O)C(C)(C)C1=O. The molecule has 0 unspecified atom stereocenters. The van der Waals surface area contributed by atoms with E-state index >= 15 is 0 Å². The van der Waals surface area contributed by atoms with Crippen molar-refractivity contribution in [1.29, 1.82) is 0 Å². The molecular formula is C14H19N3O3. The van der Waals surface area contributed by atoms with Crippen LogP contribution >= 0.6 is 0 Å². The number of nitrogens with two attached hydrogens (primary N) is 1. The van der Waals surface area contributed by atoms with Gasteiger partial charge in [0.15, 0.2) is 5.75 Å². The molecule has 20 heavy (non-hydrogen) atoms. The van der Waals surface area contributed by atoms with Gasteiger partial charge in [-0.2, -0.15) is 0 Å². The van der Waals surface area contributed by atoms with Crippen LogP contribution < -0.4 is 5.73 Å². The summed E-state index contributed by atoms with van der Waals surface area (Å²) in [6, 6.07) is 4.63. The Morgan fingerprint density at radius 2 is 2.00 bits per heavy atom. The maximum Gasteiger partial charge on any atom is 0.258 e. The summed E-state index contributed by atoms with van der Waals surface area (Å²) < 4.78 is 0. The van der Waals surface area contributed by atoms with Gasteiger partial charge < -0.3 is 20.6 Å². The molecule has 0 radical (unpaired) electrons. The van der Waals surface area contributed by atoms with Gasteiger partial charge in [-0.05, 0) is 26.0 Å². The molecule has 1 aromatic carbocycles. The predicted molar refractivity (Wildman–Crippen MR) is 75.3 cm³/mol. The fourth-order valence-electron chi connectivity index (χ4n) is 2.45. The molecule has 0 saturated carbocycles. The minimum Gasteiger partial charge on any atom is -0.505 e. The maximum absolute atomic E-state index is 12.6. The fraction of sp³-hybridized carbons (Fsp3) is 0.429. The van der Waals surface area contributed by atoms with E-state index in [1.165, 1.54) is 17.0 Å². The molecular weight excluding hydrogens is 258 g/mol. The van der Waals surface area contributed by atoms with Crippen LogP contribution in [0.25, 0.3) is 0 Å². The molecule has 0 bridgehead atoms. The Morgan fingerprint density at radius 1 is 1.35 bits per heavy atom. The average molecular weight is 277 g/mol. The highest BCUT2D eigenvalue weighted by molar-refractivity contribution is 6.02. The van der Waals surface area contributed by atoms with Crippen LogP contribution in [0, 0.1) is 0 Å². The van der Waals surface area contributed by atoms with Gasteiger partial charge in [-0.1, -0.05) is 6.07 Å². The van der Waals surface area contributed by atoms with E-state index in [4.69, 9.17) is 5.73 Å². The van der Waals surface area contributed by atoms with Crippen molar-refractivity contribution in [2.24, 2.45) is 0 Å². The standard InChI is InChI=1S/C14H19N3O3/c1-14(2)13(20)16(3)7-8-17(14)12(19)9-5-4-6-10(15)11(9)18/h4-6,18H,7-8,15H2,1-3H3. The van der Waals surface area contributed by atoms with E-state index in [-0.39, 0.29) is 28.8 Å². The number of aromatic hydroxyl groups is 1. The molecule has 1 saturated heterocycles. The fourth-order valence-corrected chi connectivity index (χ4v) is 2.45. The Morgan fingerprint density at radius 3 is 2.65 bits per heavy atom. The molecule has 108 valence electrons. The number of carbonyl (C=O) groups is 2. The summed E-state index contributed by atoms with van der Waals surface area (Å²) in [5, 5.41) is 9.92. The Balaban J connectivity index is 2.38. The number of phenols is 1. The summed E-state index contributed by atoms with van der Waals surface area (Å²) in [4.78, 5) is 27.8. The van der Waals surface area contributed by atoms with Gasteiger partial charge in [0.2, 0.25) is 5.91 Å². The lowest BCUT2D eigenvalue weighted by molar-refractivity contribution is -0.144. The molecule has 2 amide bonds. The maximum atomic E-state index is 12.6. The molecule has 6 heteroatoms. The van der Waals surface area contributed by atoms with Crippen LogP contribution in [0.4, 0.5) is 5.69 Å². The van der Waals surface area contributed by atoms with Gasteiger partial charge in [0.1, 0.15) is 5.54 Å². The Bertz CT molecular complexity index is 569. The van der Waals surface area contributed by atoms with Crippen LogP contribution in [0.5, 0.6) is 5.75 Å². The zero-order valence-corrected chi connectivity index (χ0v) is 11.9. The summed E-state index contributed by atoms with van der Waals surface area (Å²) in [7, 11) is 1.71. The Hall–Kier alpha value is -2.24. The van der Waals surface area contributed by atoms with Crippen molar-refractivity contribution >= 4 is 17.5 Å². The van der Waals surface area contributed by atoms with Crippen molar-refractivity contribution in [3.63, 3.8) is 0 Å². The average Bonchev–Trinajstić information content (AvgIpc) is 2.39. The molecule has 1 aromatic rings. The van der Waals surface area contributed by atoms with E-state index in [1.807, 2.05) is 0 Å². The lowest BCUT2D eigenvalue weighted by Gasteiger charge is -2.44. The van der Waals surface area contributed by atoms with Gasteiger partial charge in [0, 0.05) is 20.1 Å². The number of nitrogens with zero attached hydrogens (tertiary/aromatic N) is 2. The van der Waals surface area contributed by atoms with Crippen molar-refractivity contribution in [1.82, 2.24) is 9.80 Å². The number of nitrogen functional groups attached to an aromatic ring is 1. The van der Waals surface area contributed by atoms with Gasteiger partial charge in [0.05, 0.1) is 11.3 Å². The van der Waals surface area contributed by atoms with E-state index < -0.39 is 5.54 Å². The zero-order chi connectivity index (χ0) is 15.1. The summed E-state index contributed by atoms with van der Waals surface area (Å²) in [6.07, 6.45) is 0. The number of carbonyl (C=O) groups excluding carboxylic acids is 2. The topological polar surface area (TPSA) is 86.9 Å². The quantitative estimate of drug-likeness (QED) is 0.583. The van der Waals surface area contributed by atoms with E-state index in [1.54, 1.807) is 31.9 Å². The second-order valence-electron chi connectivity index (χ2n) is 5.49. The molecule has 0 aromatic heterocycles. The van der Waals surface area contributed by atoms with Crippen LogP contribution in [0.15, 0.2) is 18.2 Å². The van der Waals surface area contributed by atoms with Crippen molar-refractivity contribution in [3.8, 4) is 5.75 Å². The molecule has 0 spiro atoms. The Labute approximate surface area is 117 Å². The first-order chi connectivity index (χ1) is 9.26. The van der Waals surface area contributed by atoms with Crippen molar-refractivity contribution < 1.29 is 14.7 Å². The highest BCUT2D eigenvalue weighted by Crippen LogP contribution is 2.29. The highest BCUT2D eigenvalue weighted by Gasteiger charge is 2.43. The molecule has 3 N–H and O–H groups in total. The molecule has 1 aliphatic heterocycles. The largest absolute Gasteiger partial charge is 0.505 e. The first-order valence-corrected chi connectivity index (χ1v) is 6.42. The second-order valence-corrected chi connectivity index (χ2v) is 5.49. The minimum absolute atomic E-state index is 0.121. The molecule has 1 aliphatic rings. The third kappa shape index (κ3) is 2.07. The lowest BCUT2D eigenvalue weighted by atomic mass is 9.96. The normalized spacial score (nSPS) is 18.2. The third-order valence-electron chi connectivity index (χ3n) is 3.75. The van der Waals surface area contributed by atoms with Gasteiger partial charge in [-0.3, -0.25) is 9.59 Å². The number of rotatable bonds is 1. The first kappa shape index (κ1) is 14.2. The van der Waals surface area contributed by atoms with Crippen molar-refractivity contribution in [2.45, 2.75) is 19.4 Å². The molecule has 0 aliphatic carbocycles. The number of para-hydroxylation sites is 1. The van der Waals surface area contributed by atoms with E-state index in [2.05, 4.69) is 0 Å². The van der Waals surface area contributed by atoms with Crippen LogP contribution in [0.2, 0.25) is 0 Å². The number of hydrogen-bond acceptors (Lipinski definition) is 4. The summed E-state index contributed by atoms with van der Waals surface area (Å²) in [6.45, 7) is 4.29. The predicted octanol–water partition coefficient (Wildman–Crippen LogP) is 0.667. The van der Waals surface area contributed by atoms with Crippen LogP contribution in [0.1, 0.15) is 24.2 Å². The van der Waals surface area contributed by atoms with Crippen LogP contribution in [-0.2, 0) is 4.79 Å². The highest BCUT2D eigenvalue weighted by atomic mass is 16.3. The second kappa shape index (κ2) is 4.70. The molecule has 1 heterocycles. The van der Waals surface area contributed by atoms with Crippen molar-refractivity contribution in [3.05, 3.63) is 23.8 Å². The van der Waals surface area contributed by atoms with E-state index in [0.29, 0.717) is 13.1 Å². The molecule has 6 nitrogen and oxygen atoms in total. The monoisotopic (exact) mass is 277 g/mol. The van der Waals surface area contributed by atoms with E-state index in [0.717, 1.165) is 0 Å². The van der Waals surface area contributed by atoms with Crippen LogP contribution in [-0.4, -0.2) is 52.4 Å². The Kier molecular flexibility index (Phi) is 3.33. The lowest BCUT2D eigenvalue weighted by Crippen LogP contribution is -2.63. The van der Waals surface area contributed by atoms with Crippen LogP contribution in [0.3, 0.4) is 0 Å². The van der Waals surface area contributed by atoms with Gasteiger partial charge >= 0.3 is 0 Å². The smallest absolute Gasteiger partial charge is 0.258 e. The summed E-state index contributed by atoms with van der Waals surface area (Å²) in [5.74, 6) is -0.749. The number of hydrogen-bond donors (Lipinski definition) is 2. The number of benzene rings is 1. The number of piperazine rings is 1. The minimum atomic E-state index is -0.943. The van der Waals surface area contributed by atoms with Gasteiger partial charge in [0.25, 0.3) is 5.91 Å². The van der Waals surface area contributed by atoms with E-state index in [9.17, 15) is 14.7 Å². The molecule has 1 fully saturated rings. The molecule has 2 rings (SSSR count). The third-order valence-corrected chi connectivity index (χ3v) is 3.75. The number of amides is 2. The number of phenolic OH excluding ortho intramolecular Hbond substituents is 1. The van der Waals surface area contributed by atoms with Crippen molar-refractivity contribution in [2.75, 3.05) is 25.9 Å². The molecule has 0 atom stereocenters. The summed E-state index contributed by atoms with van der Waals surface area (Å²) in [5.41, 5.74) is 4.93. The first-order valence-electron chi connectivity index (χ1n) is 6.42. The zero-order valence-electron chi connectivity index (χ0n) is 11.9. The van der Waals surface area contributed by atoms with Gasteiger partial charge in [-0.15, -0.1) is 0 Å². The summed E-state index contributed by atoms with van der Waals surface area (Å²) >= 11 is 0. The number of likely N-dealkylation sites (N-methyl/N-ethyl adjacent to an activating group) is 1. The van der Waals surface area contributed by atoms with Gasteiger partial charge in [-0.25, -0.2) is 0 Å².